The van der Waals surface area contributed by atoms with Crippen LogP contribution in [0, 0.1) is 11.3 Å². The van der Waals surface area contributed by atoms with Crippen molar-refractivity contribution in [2.75, 3.05) is 111 Å². The maximum absolute atomic E-state index is 14.9. The van der Waals surface area contributed by atoms with Gasteiger partial charge in [0.2, 0.25) is 0 Å². The number of nitrogens with one attached hydrogen (secondary N) is 2. The zero-order valence-corrected chi connectivity index (χ0v) is 45.4. The second kappa shape index (κ2) is 23.4. The number of piperazine rings is 1. The Balaban J connectivity index is 1.04. The van der Waals surface area contributed by atoms with Gasteiger partial charge in [-0.25, -0.2) is 24.0 Å². The van der Waals surface area contributed by atoms with Crippen molar-refractivity contribution >= 4 is 45.8 Å². The van der Waals surface area contributed by atoms with E-state index in [2.05, 4.69) is 57.2 Å². The number of anilines is 1. The molecule has 6 atom stereocenters. The maximum Gasteiger partial charge on any atom is 0.324 e. The number of amides is 3. The van der Waals surface area contributed by atoms with E-state index >= 15 is 0 Å². The van der Waals surface area contributed by atoms with Crippen molar-refractivity contribution in [2.24, 2.45) is 11.3 Å². The number of carbonyl (C=O) groups is 3. The fourth-order valence-corrected chi connectivity index (χ4v) is 13.0. The first-order valence-corrected chi connectivity index (χ1v) is 28.4. The largest absolute Gasteiger partial charge is 0.464 e. The number of cyclic esters (lactones) is 1. The highest BCUT2D eigenvalue weighted by molar-refractivity contribution is 7.10. The molecule has 11 rings (SSSR count). The summed E-state index contributed by atoms with van der Waals surface area (Å²) in [7, 11) is 1.69. The number of carbonyl (C=O) groups excluding carboxylic acids is 3. The number of hydrogen-bond donors (Lipinski definition) is 2. The van der Waals surface area contributed by atoms with Crippen molar-refractivity contribution in [3.8, 4) is 22.5 Å². The molecule has 1 aromatic carbocycles. The fourth-order valence-electron chi connectivity index (χ4n) is 12.1. The number of aromatic nitrogens is 3. The summed E-state index contributed by atoms with van der Waals surface area (Å²) >= 11 is 1.17. The minimum Gasteiger partial charge on any atom is -0.464 e. The van der Waals surface area contributed by atoms with Crippen LogP contribution in [0.25, 0.3) is 33.4 Å². The summed E-state index contributed by atoms with van der Waals surface area (Å²) in [6, 6.07) is 5.91. The summed E-state index contributed by atoms with van der Waals surface area (Å²) in [5.74, 6) is -1.02. The number of benzene rings is 1. The van der Waals surface area contributed by atoms with Crippen molar-refractivity contribution in [3.63, 3.8) is 0 Å². The van der Waals surface area contributed by atoms with Crippen molar-refractivity contribution in [3.05, 3.63) is 52.1 Å². The van der Waals surface area contributed by atoms with Gasteiger partial charge in [-0.1, -0.05) is 19.9 Å². The lowest BCUT2D eigenvalue weighted by Crippen LogP contribution is -2.67. The SMILES string of the molecule is CO[C@@H](C)c1ncc(N2CCN(C3COC3)CC2)cc1-c1c2c3cc(ccc3n1CCOC1CCOCC1)-c1csc(n1)[C@@H](OCC(F)F)[C@H](NC(=O)N1C[C@@H]3COCC[C@@H]31)C(=O)N1CCC[C@H](N1)C(=O)OCC(C)(C)C2. The molecule has 7 aliphatic heterocycles. The molecule has 6 bridgehead atoms. The third kappa shape index (κ3) is 11.6. The van der Waals surface area contributed by atoms with Crippen LogP contribution in [0.4, 0.5) is 19.3 Å². The van der Waals surface area contributed by atoms with E-state index in [1.165, 1.54) is 16.3 Å². The Bertz CT molecular complexity index is 2750. The summed E-state index contributed by atoms with van der Waals surface area (Å²) in [4.78, 5) is 60.3. The number of nitrogens with zero attached hydrogens (tertiary/aromatic N) is 7. The Labute approximate surface area is 452 Å². The molecule has 3 aromatic heterocycles. The Morgan fingerprint density at radius 2 is 1.79 bits per heavy atom. The van der Waals surface area contributed by atoms with Gasteiger partial charge in [-0.3, -0.25) is 24.5 Å². The van der Waals surface area contributed by atoms with Gasteiger partial charge in [0, 0.05) is 118 Å². The molecule has 3 amide bonds. The fraction of sp³-hybridized carbons (Fsp3) is 0.655. The van der Waals surface area contributed by atoms with Crippen molar-refractivity contribution in [1.29, 1.82) is 0 Å². The molecule has 10 heterocycles. The third-order valence-electron chi connectivity index (χ3n) is 16.6. The van der Waals surface area contributed by atoms with E-state index in [1.807, 2.05) is 24.6 Å². The average Bonchev–Trinajstić information content (AvgIpc) is 4.06. The van der Waals surface area contributed by atoms with Gasteiger partial charge in [0.15, 0.2) is 0 Å². The number of likely N-dealkylation sites (tertiary alicyclic amines) is 1. The van der Waals surface area contributed by atoms with E-state index in [0.29, 0.717) is 83.5 Å². The topological polar surface area (TPSA) is 184 Å². The first-order chi connectivity index (χ1) is 37.3. The van der Waals surface area contributed by atoms with Gasteiger partial charge < -0.3 is 52.8 Å². The number of ether oxygens (including phenoxy) is 7. The molecule has 6 fully saturated rings. The van der Waals surface area contributed by atoms with Crippen LogP contribution in [0.2, 0.25) is 0 Å². The molecule has 0 radical (unpaired) electrons. The van der Waals surface area contributed by atoms with E-state index in [0.717, 1.165) is 96.9 Å². The monoisotopic (exact) mass is 1090 g/mol. The molecule has 0 spiro atoms. The molecule has 2 N–H and O–H groups in total. The highest BCUT2D eigenvalue weighted by Gasteiger charge is 2.47. The molecule has 22 heteroatoms. The summed E-state index contributed by atoms with van der Waals surface area (Å²) < 4.78 is 72.6. The van der Waals surface area contributed by atoms with E-state index in [-0.39, 0.29) is 42.3 Å². The molecule has 4 aromatic rings. The van der Waals surface area contributed by atoms with Crippen LogP contribution in [0.5, 0.6) is 0 Å². The second-order valence-corrected chi connectivity index (χ2v) is 23.3. The Kier molecular flexibility index (Phi) is 16.5. The summed E-state index contributed by atoms with van der Waals surface area (Å²) in [6.45, 7) is 14.2. The number of alkyl halides is 2. The molecule has 6 saturated heterocycles. The van der Waals surface area contributed by atoms with Gasteiger partial charge in [-0.2, -0.15) is 0 Å². The quantitative estimate of drug-likeness (QED) is 0.149. The van der Waals surface area contributed by atoms with Crippen molar-refractivity contribution < 1.29 is 56.3 Å². The van der Waals surface area contributed by atoms with E-state index in [1.54, 1.807) is 12.0 Å². The van der Waals surface area contributed by atoms with Gasteiger partial charge >= 0.3 is 12.0 Å². The van der Waals surface area contributed by atoms with Gasteiger partial charge in [-0.05, 0) is 69.2 Å². The number of thiazole rings is 1. The lowest BCUT2D eigenvalue weighted by molar-refractivity contribution is -0.156. The van der Waals surface area contributed by atoms with Crippen LogP contribution in [-0.4, -0.2) is 190 Å². The van der Waals surface area contributed by atoms with Crippen LogP contribution >= 0.6 is 11.3 Å². The van der Waals surface area contributed by atoms with Crippen LogP contribution in [0.3, 0.4) is 0 Å². The second-order valence-electron chi connectivity index (χ2n) is 22.4. The number of halogens is 2. The predicted octanol–water partition coefficient (Wildman–Crippen LogP) is 5.99. The molecule has 0 saturated carbocycles. The number of urea groups is 1. The molecule has 0 aliphatic carbocycles. The van der Waals surface area contributed by atoms with Gasteiger partial charge in [0.25, 0.3) is 12.3 Å². The first-order valence-electron chi connectivity index (χ1n) is 27.5. The Morgan fingerprint density at radius 1 is 0.987 bits per heavy atom. The lowest BCUT2D eigenvalue weighted by atomic mass is 9.84. The van der Waals surface area contributed by atoms with Crippen LogP contribution in [0.1, 0.15) is 81.3 Å². The number of fused-ring (bicyclic) bond motifs is 7. The molecule has 418 valence electrons. The predicted molar refractivity (Wildman–Crippen MR) is 283 cm³/mol. The van der Waals surface area contributed by atoms with E-state index in [4.69, 9.17) is 43.1 Å². The van der Waals surface area contributed by atoms with Crippen LogP contribution in [0.15, 0.2) is 35.8 Å². The summed E-state index contributed by atoms with van der Waals surface area (Å²) in [5, 5.41) is 7.20. The standard InChI is InChI=1S/C55H73F2N9O10S/c1-33(70-4)47-40(23-36(25-58-47)62-13-15-63(16-14-62)37-28-73-29-37)49-41-24-55(2,3)32-76-53(68)42-6-5-12-66(61-42)52(67)48(60-54(69)65-26-35-27-72-20-11-44(35)65)50(75-30-46(56)57)51-59-43(31-77-51)34-7-8-45(39(41)22-34)64(49)17-21-74-38-9-18-71-19-10-38/h7-8,22-23,25,31,33,35,37-38,42,44,46,48,50,61H,5-6,9-21,24,26-30,32H2,1-4H3,(H,60,69)/t33-,35+,42-,44-,48-,50-/m0/s1. The average molecular weight is 1090 g/mol. The normalized spacial score (nSPS) is 26.2. The smallest absolute Gasteiger partial charge is 0.324 e. The summed E-state index contributed by atoms with van der Waals surface area (Å²) in [5.41, 5.74) is 9.36. The van der Waals surface area contributed by atoms with Crippen LogP contribution < -0.4 is 15.6 Å². The number of pyridine rings is 1. The number of hydrogen-bond acceptors (Lipinski definition) is 16. The molecule has 7 aliphatic rings. The van der Waals surface area contributed by atoms with E-state index < -0.39 is 54.5 Å². The highest BCUT2D eigenvalue weighted by Crippen LogP contribution is 2.44. The third-order valence-corrected chi connectivity index (χ3v) is 17.5. The molecule has 0 unspecified atom stereocenters. The minimum atomic E-state index is -2.88. The first kappa shape index (κ1) is 54.1. The van der Waals surface area contributed by atoms with E-state index in [9.17, 15) is 23.2 Å². The van der Waals surface area contributed by atoms with Crippen LogP contribution in [-0.2, 0) is 55.7 Å². The molecule has 77 heavy (non-hydrogen) atoms. The highest BCUT2D eigenvalue weighted by atomic mass is 32.1. The molecular weight excluding hydrogens is 1020 g/mol. The number of methoxy groups -OCH3 is 1. The number of esters is 1. The Morgan fingerprint density at radius 3 is 2.55 bits per heavy atom. The van der Waals surface area contributed by atoms with Crippen molar-refractivity contribution in [2.45, 2.75) is 115 Å². The Hall–Kier alpha value is -4.91. The van der Waals surface area contributed by atoms with Gasteiger partial charge in [-0.15, -0.1) is 11.3 Å². The molecular formula is C55H73F2N9O10S. The van der Waals surface area contributed by atoms with Gasteiger partial charge in [0.1, 0.15) is 29.8 Å². The summed E-state index contributed by atoms with van der Waals surface area (Å²) in [6.07, 6.45) is 0.908. The van der Waals surface area contributed by atoms with Crippen molar-refractivity contribution in [1.82, 2.24) is 40.1 Å². The van der Waals surface area contributed by atoms with Gasteiger partial charge in [0.05, 0.1) is 80.3 Å². The number of rotatable bonds is 13. The molecule has 19 nitrogen and oxygen atoms in total. The maximum atomic E-state index is 14.9. The minimum absolute atomic E-state index is 0.0489. The lowest BCUT2D eigenvalue weighted by Gasteiger charge is -2.50. The number of hydrazine groups is 1. The zero-order valence-electron chi connectivity index (χ0n) is 44.6. The zero-order chi connectivity index (χ0) is 53.4.